The van der Waals surface area contributed by atoms with Gasteiger partial charge in [0.2, 0.25) is 0 Å². The lowest BCUT2D eigenvalue weighted by Crippen LogP contribution is -2.35. The summed E-state index contributed by atoms with van der Waals surface area (Å²) in [5.41, 5.74) is 4.15. The highest BCUT2D eigenvalue weighted by Gasteiger charge is 2.14. The second kappa shape index (κ2) is 8.18. The van der Waals surface area contributed by atoms with Crippen LogP contribution in [0.25, 0.3) is 0 Å². The van der Waals surface area contributed by atoms with E-state index in [0.717, 1.165) is 50.6 Å². The summed E-state index contributed by atoms with van der Waals surface area (Å²) in [7, 11) is 3.36. The summed E-state index contributed by atoms with van der Waals surface area (Å²) >= 11 is 0. The first-order valence-electron chi connectivity index (χ1n) is 8.50. The Kier molecular flexibility index (Phi) is 5.72. The van der Waals surface area contributed by atoms with E-state index in [4.69, 9.17) is 9.47 Å². The predicted molar refractivity (Wildman–Crippen MR) is 96.7 cm³/mol. The Morgan fingerprint density at radius 2 is 1.71 bits per heavy atom. The molecule has 0 radical (unpaired) electrons. The molecule has 0 saturated carbocycles. The number of rotatable bonds is 7. The maximum absolute atomic E-state index is 5.32. The zero-order chi connectivity index (χ0) is 16.8. The van der Waals surface area contributed by atoms with Crippen molar-refractivity contribution in [1.29, 1.82) is 0 Å². The van der Waals surface area contributed by atoms with Crippen LogP contribution in [0.5, 0.6) is 11.5 Å². The van der Waals surface area contributed by atoms with E-state index in [2.05, 4.69) is 34.5 Å². The average molecular weight is 326 g/mol. The van der Waals surface area contributed by atoms with E-state index >= 15 is 0 Å². The van der Waals surface area contributed by atoms with Gasteiger partial charge in [0.1, 0.15) is 11.5 Å². The average Bonchev–Trinajstić information content (AvgIpc) is 2.64. The molecule has 128 valence electrons. The maximum Gasteiger partial charge on any atom is 0.122 e. The summed E-state index contributed by atoms with van der Waals surface area (Å²) in [6, 6.07) is 14.8. The topological polar surface area (TPSA) is 33.7 Å². The molecule has 2 aromatic carbocycles. The molecule has 1 N–H and O–H groups in total. The van der Waals surface area contributed by atoms with Crippen molar-refractivity contribution in [3.63, 3.8) is 0 Å². The van der Waals surface area contributed by atoms with Gasteiger partial charge >= 0.3 is 0 Å². The van der Waals surface area contributed by atoms with Crippen molar-refractivity contribution in [2.24, 2.45) is 0 Å². The van der Waals surface area contributed by atoms with Crippen LogP contribution in [0.4, 0.5) is 0 Å². The van der Waals surface area contributed by atoms with Crippen LogP contribution in [0.2, 0.25) is 0 Å². The lowest BCUT2D eigenvalue weighted by molar-refractivity contribution is 0.254. The molecule has 0 unspecified atom stereocenters. The van der Waals surface area contributed by atoms with E-state index in [1.807, 2.05) is 18.2 Å². The van der Waals surface area contributed by atoms with Crippen molar-refractivity contribution in [1.82, 2.24) is 10.2 Å². The Bertz CT molecular complexity index is 650. The van der Waals surface area contributed by atoms with Gasteiger partial charge in [0.15, 0.2) is 0 Å². The number of ether oxygens (including phenoxy) is 2. The fourth-order valence-electron chi connectivity index (χ4n) is 3.18. The summed E-state index contributed by atoms with van der Waals surface area (Å²) in [6.45, 7) is 5.06. The number of benzene rings is 2. The number of fused-ring (bicyclic) bond motifs is 1. The van der Waals surface area contributed by atoms with Crippen LogP contribution < -0.4 is 14.8 Å². The molecule has 24 heavy (non-hydrogen) atoms. The summed E-state index contributed by atoms with van der Waals surface area (Å²) in [5.74, 6) is 1.66. The highest BCUT2D eigenvalue weighted by molar-refractivity contribution is 5.38. The molecule has 0 bridgehead atoms. The van der Waals surface area contributed by atoms with Gasteiger partial charge in [-0.1, -0.05) is 24.3 Å². The monoisotopic (exact) mass is 326 g/mol. The minimum absolute atomic E-state index is 0.817. The first-order chi connectivity index (χ1) is 11.8. The Morgan fingerprint density at radius 1 is 1.00 bits per heavy atom. The van der Waals surface area contributed by atoms with Crippen molar-refractivity contribution in [3.05, 3.63) is 59.2 Å². The number of hydrogen-bond acceptors (Lipinski definition) is 4. The number of nitrogens with one attached hydrogen (secondary N) is 1. The summed E-state index contributed by atoms with van der Waals surface area (Å²) in [5, 5.41) is 3.52. The van der Waals surface area contributed by atoms with Crippen molar-refractivity contribution in [3.8, 4) is 11.5 Å². The summed E-state index contributed by atoms with van der Waals surface area (Å²) in [4.78, 5) is 2.52. The van der Waals surface area contributed by atoms with E-state index < -0.39 is 0 Å². The smallest absolute Gasteiger partial charge is 0.122 e. The van der Waals surface area contributed by atoms with Crippen LogP contribution in [-0.4, -0.2) is 38.8 Å². The fraction of sp³-hybridized carbons (Fsp3) is 0.400. The molecule has 0 aromatic heterocycles. The molecule has 3 rings (SSSR count). The fourth-order valence-corrected chi connectivity index (χ4v) is 3.18. The van der Waals surface area contributed by atoms with Crippen LogP contribution in [0.1, 0.15) is 16.7 Å². The molecule has 0 aliphatic carbocycles. The first-order valence-corrected chi connectivity index (χ1v) is 8.50. The van der Waals surface area contributed by atoms with E-state index in [1.54, 1.807) is 14.2 Å². The van der Waals surface area contributed by atoms with Crippen molar-refractivity contribution in [2.45, 2.75) is 19.5 Å². The van der Waals surface area contributed by atoms with Gasteiger partial charge in [-0.25, -0.2) is 0 Å². The molecular formula is C20H26N2O2. The second-order valence-corrected chi connectivity index (χ2v) is 6.19. The number of nitrogens with zero attached hydrogens (tertiary/aromatic N) is 1. The predicted octanol–water partition coefficient (Wildman–Crippen LogP) is 2.85. The maximum atomic E-state index is 5.32. The Hall–Kier alpha value is -2.04. The Balaban J connectivity index is 1.46. The van der Waals surface area contributed by atoms with Crippen LogP contribution in [0.15, 0.2) is 42.5 Å². The van der Waals surface area contributed by atoms with Gasteiger partial charge in [-0.3, -0.25) is 4.90 Å². The number of hydrogen-bond donors (Lipinski definition) is 1. The molecule has 0 spiro atoms. The first kappa shape index (κ1) is 16.8. The molecule has 0 saturated heterocycles. The molecule has 1 aliphatic rings. The molecule has 4 nitrogen and oxygen atoms in total. The second-order valence-electron chi connectivity index (χ2n) is 6.19. The van der Waals surface area contributed by atoms with Crippen molar-refractivity contribution < 1.29 is 9.47 Å². The molecule has 1 heterocycles. The minimum atomic E-state index is 0.817. The summed E-state index contributed by atoms with van der Waals surface area (Å²) < 4.78 is 10.6. The van der Waals surface area contributed by atoms with Gasteiger partial charge < -0.3 is 14.8 Å². The standard InChI is InChI=1S/C20H26N2O2/c1-23-19-11-16(12-20(13-19)24-2)14-21-8-10-22-9-7-17-5-3-4-6-18(17)15-22/h3-6,11-13,21H,7-10,14-15H2,1-2H3. The molecule has 0 fully saturated rings. The van der Waals surface area contributed by atoms with Gasteiger partial charge in [-0.2, -0.15) is 0 Å². The van der Waals surface area contributed by atoms with Gasteiger partial charge in [-0.05, 0) is 35.2 Å². The van der Waals surface area contributed by atoms with Crippen molar-refractivity contribution in [2.75, 3.05) is 33.9 Å². The van der Waals surface area contributed by atoms with E-state index in [1.165, 1.54) is 16.7 Å². The van der Waals surface area contributed by atoms with E-state index in [0.29, 0.717) is 0 Å². The quantitative estimate of drug-likeness (QED) is 0.793. The van der Waals surface area contributed by atoms with Crippen LogP contribution >= 0.6 is 0 Å². The number of methoxy groups -OCH3 is 2. The summed E-state index contributed by atoms with van der Waals surface area (Å²) in [6.07, 6.45) is 1.16. The third-order valence-electron chi connectivity index (χ3n) is 4.55. The molecule has 1 aliphatic heterocycles. The van der Waals surface area contributed by atoms with E-state index in [-0.39, 0.29) is 0 Å². The molecule has 0 atom stereocenters. The van der Waals surface area contributed by atoms with Gasteiger partial charge in [-0.15, -0.1) is 0 Å². The third-order valence-corrected chi connectivity index (χ3v) is 4.55. The Morgan fingerprint density at radius 3 is 2.42 bits per heavy atom. The van der Waals surface area contributed by atoms with Gasteiger partial charge in [0.25, 0.3) is 0 Å². The molecule has 4 heteroatoms. The zero-order valence-electron chi connectivity index (χ0n) is 14.5. The molecular weight excluding hydrogens is 300 g/mol. The van der Waals surface area contributed by atoms with E-state index in [9.17, 15) is 0 Å². The normalized spacial score (nSPS) is 14.2. The lowest BCUT2D eigenvalue weighted by atomic mass is 10.00. The minimum Gasteiger partial charge on any atom is -0.497 e. The van der Waals surface area contributed by atoms with Crippen LogP contribution in [-0.2, 0) is 19.5 Å². The third kappa shape index (κ3) is 4.28. The highest BCUT2D eigenvalue weighted by Crippen LogP contribution is 2.22. The van der Waals surface area contributed by atoms with Crippen LogP contribution in [0, 0.1) is 0 Å². The Labute approximate surface area is 144 Å². The van der Waals surface area contributed by atoms with Gasteiger partial charge in [0.05, 0.1) is 14.2 Å². The largest absolute Gasteiger partial charge is 0.497 e. The molecule has 2 aromatic rings. The highest BCUT2D eigenvalue weighted by atomic mass is 16.5. The zero-order valence-corrected chi connectivity index (χ0v) is 14.5. The van der Waals surface area contributed by atoms with Gasteiger partial charge in [0, 0.05) is 38.8 Å². The SMILES string of the molecule is COc1cc(CNCCN2CCc3ccccc3C2)cc(OC)c1. The van der Waals surface area contributed by atoms with Crippen LogP contribution in [0.3, 0.4) is 0 Å². The lowest BCUT2D eigenvalue weighted by Gasteiger charge is -2.28. The van der Waals surface area contributed by atoms with Crippen molar-refractivity contribution >= 4 is 0 Å². The molecule has 0 amide bonds.